The molecule has 2 rings (SSSR count). The summed E-state index contributed by atoms with van der Waals surface area (Å²) < 4.78 is 6.32. The summed E-state index contributed by atoms with van der Waals surface area (Å²) in [5.41, 5.74) is 0.991. The van der Waals surface area contributed by atoms with Gasteiger partial charge in [-0.3, -0.25) is 0 Å². The quantitative estimate of drug-likeness (QED) is 0.750. The molecular formula is C19H26N2O2S2. The molecule has 0 aliphatic heterocycles. The monoisotopic (exact) mass is 378 g/mol. The van der Waals surface area contributed by atoms with Crippen molar-refractivity contribution in [2.45, 2.75) is 68.2 Å². The number of aromatic nitrogens is 1. The number of carbonyl (C=O) groups excluding carboxylic acids is 1. The van der Waals surface area contributed by atoms with Crippen molar-refractivity contribution in [1.29, 1.82) is 0 Å². The summed E-state index contributed by atoms with van der Waals surface area (Å²) in [7, 11) is 0. The highest BCUT2D eigenvalue weighted by molar-refractivity contribution is 8.01. The van der Waals surface area contributed by atoms with Gasteiger partial charge in [0, 0.05) is 4.90 Å². The van der Waals surface area contributed by atoms with E-state index in [1.165, 1.54) is 10.5 Å². The van der Waals surface area contributed by atoms with Gasteiger partial charge in [-0.2, -0.15) is 0 Å². The average molecular weight is 379 g/mol. The molecule has 1 heterocycles. The zero-order valence-corrected chi connectivity index (χ0v) is 17.3. The molecule has 136 valence electrons. The van der Waals surface area contributed by atoms with Crippen LogP contribution in [-0.4, -0.2) is 16.7 Å². The van der Waals surface area contributed by atoms with E-state index in [4.69, 9.17) is 4.74 Å². The van der Waals surface area contributed by atoms with Crippen LogP contribution in [0.1, 0.15) is 52.1 Å². The fourth-order valence-electron chi connectivity index (χ4n) is 2.02. The van der Waals surface area contributed by atoms with Crippen LogP contribution in [0.25, 0.3) is 0 Å². The third-order valence-corrected chi connectivity index (χ3v) is 5.36. The molecule has 4 nitrogen and oxygen atoms in total. The maximum absolute atomic E-state index is 11.7. The second-order valence-corrected chi connectivity index (χ2v) is 10.3. The Hall–Kier alpha value is -1.53. The van der Waals surface area contributed by atoms with Gasteiger partial charge in [-0.1, -0.05) is 44.7 Å². The van der Waals surface area contributed by atoms with Crippen molar-refractivity contribution in [3.8, 4) is 0 Å². The molecule has 1 amide bonds. The summed E-state index contributed by atoms with van der Waals surface area (Å²) in [4.78, 5) is 17.2. The van der Waals surface area contributed by atoms with Crippen LogP contribution in [0.5, 0.6) is 0 Å². The van der Waals surface area contributed by atoms with Crippen molar-refractivity contribution < 1.29 is 9.53 Å². The number of hydrogen-bond donors (Lipinski definition) is 1. The number of ether oxygens (including phenoxy) is 1. The Balaban J connectivity index is 1.90. The number of alkyl carbamates (subject to hydrolysis) is 1. The van der Waals surface area contributed by atoms with Crippen LogP contribution in [0, 0.1) is 0 Å². The van der Waals surface area contributed by atoms with Gasteiger partial charge in [0.2, 0.25) is 0 Å². The second-order valence-electron chi connectivity index (χ2n) is 7.80. The molecule has 6 heteroatoms. The van der Waals surface area contributed by atoms with Crippen molar-refractivity contribution in [1.82, 2.24) is 10.3 Å². The molecule has 2 aromatic rings. The molecule has 0 spiro atoms. The largest absolute Gasteiger partial charge is 0.444 e. The first kappa shape index (κ1) is 19.8. The number of nitrogens with one attached hydrogen (secondary N) is 1. The van der Waals surface area contributed by atoms with Gasteiger partial charge in [0.1, 0.15) is 10.6 Å². The predicted octanol–water partition coefficient (Wildman–Crippen LogP) is 5.62. The second kappa shape index (κ2) is 7.79. The zero-order chi connectivity index (χ0) is 18.7. The Labute approximate surface area is 158 Å². The predicted molar refractivity (Wildman–Crippen MR) is 104 cm³/mol. The summed E-state index contributed by atoms with van der Waals surface area (Å²) in [5.74, 6) is 0. The summed E-state index contributed by atoms with van der Waals surface area (Å²) in [6.07, 6.45) is 1.42. The molecule has 0 bridgehead atoms. The van der Waals surface area contributed by atoms with Crippen LogP contribution in [0.15, 0.2) is 39.6 Å². The maximum Gasteiger partial charge on any atom is 0.408 e. The molecule has 0 aliphatic carbocycles. The first-order valence-electron chi connectivity index (χ1n) is 8.23. The zero-order valence-electron chi connectivity index (χ0n) is 15.7. The lowest BCUT2D eigenvalue weighted by Crippen LogP contribution is -2.32. The normalized spacial score (nSPS) is 12.1. The number of benzene rings is 1. The molecule has 1 aromatic carbocycles. The van der Waals surface area contributed by atoms with Gasteiger partial charge in [0.25, 0.3) is 0 Å². The number of hydrogen-bond acceptors (Lipinski definition) is 5. The first-order valence-corrected chi connectivity index (χ1v) is 9.86. The van der Waals surface area contributed by atoms with Gasteiger partial charge in [-0.15, -0.1) is 11.3 Å². The first-order chi connectivity index (χ1) is 11.5. The van der Waals surface area contributed by atoms with Gasteiger partial charge in [0.15, 0.2) is 0 Å². The Bertz CT molecular complexity index is 710. The van der Waals surface area contributed by atoms with E-state index in [9.17, 15) is 4.79 Å². The number of thiazole rings is 1. The summed E-state index contributed by atoms with van der Waals surface area (Å²) >= 11 is 3.26. The Kier molecular flexibility index (Phi) is 6.16. The van der Waals surface area contributed by atoms with Crippen molar-refractivity contribution in [2.75, 3.05) is 0 Å². The average Bonchev–Trinajstić information content (AvgIpc) is 2.90. The Morgan fingerprint density at radius 3 is 2.36 bits per heavy atom. The molecule has 25 heavy (non-hydrogen) atoms. The lowest BCUT2D eigenvalue weighted by Gasteiger charge is -2.19. The number of amides is 1. The fraction of sp³-hybridized carbons (Fsp3) is 0.474. The maximum atomic E-state index is 11.7. The van der Waals surface area contributed by atoms with Gasteiger partial charge in [-0.05, 0) is 43.9 Å². The highest BCUT2D eigenvalue weighted by Crippen LogP contribution is 2.33. The van der Waals surface area contributed by atoms with Crippen LogP contribution in [-0.2, 0) is 16.7 Å². The van der Waals surface area contributed by atoms with E-state index in [1.54, 1.807) is 23.1 Å². The molecule has 0 fully saturated rings. The molecule has 0 aliphatic rings. The summed E-state index contributed by atoms with van der Waals surface area (Å²) in [5, 5.41) is 3.60. The number of carbonyl (C=O) groups is 1. The van der Waals surface area contributed by atoms with E-state index in [-0.39, 0.29) is 5.41 Å². The van der Waals surface area contributed by atoms with Gasteiger partial charge in [-0.25, -0.2) is 9.78 Å². The van der Waals surface area contributed by atoms with Crippen LogP contribution < -0.4 is 5.32 Å². The van der Waals surface area contributed by atoms with Crippen molar-refractivity contribution >= 4 is 29.2 Å². The molecule has 0 unspecified atom stereocenters. The molecule has 0 radical (unpaired) electrons. The lowest BCUT2D eigenvalue weighted by molar-refractivity contribution is 0.0523. The molecule has 0 atom stereocenters. The molecule has 1 aromatic heterocycles. The van der Waals surface area contributed by atoms with E-state index in [0.717, 1.165) is 9.22 Å². The summed E-state index contributed by atoms with van der Waals surface area (Å²) in [6.45, 7) is 12.5. The highest BCUT2D eigenvalue weighted by atomic mass is 32.2. The smallest absolute Gasteiger partial charge is 0.408 e. The SMILES string of the molecule is CC(C)(C)OC(=O)NCc1ncc(Sc2ccc(C(C)(C)C)cc2)s1. The van der Waals surface area contributed by atoms with Crippen LogP contribution in [0.2, 0.25) is 0 Å². The highest BCUT2D eigenvalue weighted by Gasteiger charge is 2.16. The van der Waals surface area contributed by atoms with Crippen LogP contribution in [0.4, 0.5) is 4.79 Å². The number of rotatable bonds is 4. The van der Waals surface area contributed by atoms with Crippen LogP contribution >= 0.6 is 23.1 Å². The van der Waals surface area contributed by atoms with Gasteiger partial charge >= 0.3 is 6.09 Å². The third-order valence-electron chi connectivity index (χ3n) is 3.25. The van der Waals surface area contributed by atoms with Gasteiger partial charge < -0.3 is 10.1 Å². The van der Waals surface area contributed by atoms with Crippen molar-refractivity contribution in [2.24, 2.45) is 0 Å². The van der Waals surface area contributed by atoms with E-state index in [0.29, 0.717) is 6.54 Å². The number of nitrogens with zero attached hydrogens (tertiary/aromatic N) is 1. The third kappa shape index (κ3) is 6.71. The minimum atomic E-state index is -0.493. The molecule has 1 N–H and O–H groups in total. The summed E-state index contributed by atoms with van der Waals surface area (Å²) in [6, 6.07) is 8.63. The lowest BCUT2D eigenvalue weighted by atomic mass is 9.87. The van der Waals surface area contributed by atoms with E-state index >= 15 is 0 Å². The minimum absolute atomic E-state index is 0.161. The van der Waals surface area contributed by atoms with Gasteiger partial charge in [0.05, 0.1) is 17.0 Å². The van der Waals surface area contributed by atoms with Crippen LogP contribution in [0.3, 0.4) is 0 Å². The molecule has 0 saturated heterocycles. The van der Waals surface area contributed by atoms with E-state index < -0.39 is 11.7 Å². The fourth-order valence-corrected chi connectivity index (χ4v) is 3.96. The Morgan fingerprint density at radius 1 is 1.16 bits per heavy atom. The van der Waals surface area contributed by atoms with E-state index in [1.807, 2.05) is 27.0 Å². The molecule has 0 saturated carbocycles. The topological polar surface area (TPSA) is 51.2 Å². The Morgan fingerprint density at radius 2 is 1.80 bits per heavy atom. The minimum Gasteiger partial charge on any atom is -0.444 e. The standard InChI is InChI=1S/C19H26N2O2S2/c1-18(2,3)13-7-9-14(10-8-13)24-16-12-20-15(25-16)11-21-17(22)23-19(4,5)6/h7-10,12H,11H2,1-6H3,(H,21,22). The van der Waals surface area contributed by atoms with Crippen molar-refractivity contribution in [3.05, 3.63) is 41.0 Å². The van der Waals surface area contributed by atoms with E-state index in [2.05, 4.69) is 55.3 Å². The molecular weight excluding hydrogens is 352 g/mol. The van der Waals surface area contributed by atoms with Crippen molar-refractivity contribution in [3.63, 3.8) is 0 Å².